The predicted molar refractivity (Wildman–Crippen MR) is 97.8 cm³/mol. The summed E-state index contributed by atoms with van der Waals surface area (Å²) in [6, 6.07) is 12.8. The van der Waals surface area contributed by atoms with Crippen LogP contribution in [0.25, 0.3) is 0 Å². The number of benzene rings is 2. The zero-order valence-corrected chi connectivity index (χ0v) is 14.8. The minimum atomic E-state index is -0.208. The number of thioether (sulfide) groups is 1. The van der Waals surface area contributed by atoms with E-state index in [-0.39, 0.29) is 40.6 Å². The molecule has 0 aliphatic heterocycles. The van der Waals surface area contributed by atoms with Gasteiger partial charge in [-0.25, -0.2) is 0 Å². The van der Waals surface area contributed by atoms with E-state index in [1.807, 2.05) is 24.3 Å². The molecule has 0 saturated carbocycles. The Hall–Kier alpha value is -1.36. The normalized spacial score (nSPS) is 22.0. The van der Waals surface area contributed by atoms with Crippen LogP contribution >= 0.6 is 24.2 Å². The van der Waals surface area contributed by atoms with Crippen molar-refractivity contribution < 1.29 is 10.2 Å². The first-order valence-electron chi connectivity index (χ1n) is 7.41. The van der Waals surface area contributed by atoms with Gasteiger partial charge >= 0.3 is 0 Å². The molecule has 4 N–H and O–H groups in total. The van der Waals surface area contributed by atoms with Crippen LogP contribution in [0.3, 0.4) is 0 Å². The molecular formula is C18H22ClNO2S. The van der Waals surface area contributed by atoms with Gasteiger partial charge in [0.1, 0.15) is 11.5 Å². The molecule has 2 atom stereocenters. The van der Waals surface area contributed by atoms with Crippen LogP contribution in [0, 0.1) is 0 Å². The summed E-state index contributed by atoms with van der Waals surface area (Å²) in [6.45, 7) is 4.26. The highest BCUT2D eigenvalue weighted by Crippen LogP contribution is 2.43. The molecule has 0 heterocycles. The first-order valence-corrected chi connectivity index (χ1v) is 8.29. The number of phenolic OH excluding ortho intramolecular Hbond substituents is 2. The Morgan fingerprint density at radius 2 is 1.78 bits per heavy atom. The number of phenols is 2. The summed E-state index contributed by atoms with van der Waals surface area (Å²) >= 11 is 1.71. The molecule has 0 spiro atoms. The van der Waals surface area contributed by atoms with Crippen molar-refractivity contribution in [3.8, 4) is 11.5 Å². The number of nitrogens with two attached hydrogens (primary N) is 1. The second kappa shape index (κ2) is 6.63. The fraction of sp³-hybridized carbons (Fsp3) is 0.333. The number of fused-ring (bicyclic) bond motifs is 1. The van der Waals surface area contributed by atoms with Crippen LogP contribution in [0.2, 0.25) is 0 Å². The van der Waals surface area contributed by atoms with Gasteiger partial charge in [0, 0.05) is 21.6 Å². The van der Waals surface area contributed by atoms with Gasteiger partial charge in [0.15, 0.2) is 0 Å². The largest absolute Gasteiger partial charge is 0.508 e. The van der Waals surface area contributed by atoms with Gasteiger partial charge in [-0.1, -0.05) is 26.0 Å². The summed E-state index contributed by atoms with van der Waals surface area (Å²) in [5.74, 6) is 0.567. The molecule has 0 bridgehead atoms. The molecule has 23 heavy (non-hydrogen) atoms. The van der Waals surface area contributed by atoms with Crippen LogP contribution in [0.4, 0.5) is 0 Å². The zero-order valence-electron chi connectivity index (χ0n) is 13.2. The quantitative estimate of drug-likeness (QED) is 0.769. The van der Waals surface area contributed by atoms with Gasteiger partial charge in [0.2, 0.25) is 0 Å². The Kier molecular flexibility index (Phi) is 5.19. The van der Waals surface area contributed by atoms with E-state index in [0.29, 0.717) is 0 Å². The fourth-order valence-electron chi connectivity index (χ4n) is 3.18. The van der Waals surface area contributed by atoms with E-state index in [4.69, 9.17) is 5.73 Å². The van der Waals surface area contributed by atoms with Crippen molar-refractivity contribution in [1.82, 2.24) is 0 Å². The Morgan fingerprint density at radius 3 is 2.48 bits per heavy atom. The van der Waals surface area contributed by atoms with Gasteiger partial charge in [-0.15, -0.1) is 24.2 Å². The van der Waals surface area contributed by atoms with Gasteiger partial charge in [-0.2, -0.15) is 0 Å². The molecule has 0 amide bonds. The number of rotatable bonds is 2. The summed E-state index contributed by atoms with van der Waals surface area (Å²) in [5, 5.41) is 19.6. The molecule has 5 heteroatoms. The van der Waals surface area contributed by atoms with E-state index in [0.717, 1.165) is 16.9 Å². The lowest BCUT2D eigenvalue weighted by Crippen LogP contribution is -2.52. The molecule has 2 aromatic carbocycles. The lowest BCUT2D eigenvalue weighted by atomic mass is 9.69. The average Bonchev–Trinajstić information content (AvgIpc) is 2.46. The van der Waals surface area contributed by atoms with Gasteiger partial charge in [0.25, 0.3) is 0 Å². The Morgan fingerprint density at radius 1 is 1.09 bits per heavy atom. The highest BCUT2D eigenvalue weighted by Gasteiger charge is 2.40. The Bertz CT molecular complexity index is 705. The lowest BCUT2D eigenvalue weighted by Gasteiger charge is -2.43. The summed E-state index contributed by atoms with van der Waals surface area (Å²) in [7, 11) is 0. The topological polar surface area (TPSA) is 66.5 Å². The van der Waals surface area contributed by atoms with E-state index in [2.05, 4.69) is 13.8 Å². The third-order valence-electron chi connectivity index (χ3n) is 4.55. The van der Waals surface area contributed by atoms with Crippen LogP contribution in [0.1, 0.15) is 25.0 Å². The van der Waals surface area contributed by atoms with E-state index < -0.39 is 0 Å². The highest BCUT2D eigenvalue weighted by molar-refractivity contribution is 8.00. The van der Waals surface area contributed by atoms with Crippen LogP contribution < -0.4 is 5.73 Å². The van der Waals surface area contributed by atoms with Gasteiger partial charge in [-0.3, -0.25) is 0 Å². The summed E-state index contributed by atoms with van der Waals surface area (Å²) in [5.41, 5.74) is 8.71. The number of hydrogen-bond donors (Lipinski definition) is 3. The minimum absolute atomic E-state index is 0. The molecule has 1 aliphatic rings. The number of aromatic hydroxyl groups is 2. The predicted octanol–water partition coefficient (Wildman–Crippen LogP) is 3.84. The lowest BCUT2D eigenvalue weighted by molar-refractivity contribution is 0.369. The maximum Gasteiger partial charge on any atom is 0.116 e. The molecule has 0 fully saturated rings. The molecular weight excluding hydrogens is 330 g/mol. The van der Waals surface area contributed by atoms with Crippen molar-refractivity contribution >= 4 is 24.2 Å². The van der Waals surface area contributed by atoms with Crippen molar-refractivity contribution in [2.45, 2.75) is 41.9 Å². The monoisotopic (exact) mass is 351 g/mol. The number of hydrogen-bond acceptors (Lipinski definition) is 4. The third kappa shape index (κ3) is 3.44. The molecule has 0 saturated heterocycles. The molecule has 3 nitrogen and oxygen atoms in total. The van der Waals surface area contributed by atoms with Crippen molar-refractivity contribution in [3.05, 3.63) is 53.6 Å². The maximum absolute atomic E-state index is 9.76. The van der Waals surface area contributed by atoms with Crippen LogP contribution in [0.5, 0.6) is 11.5 Å². The van der Waals surface area contributed by atoms with Crippen molar-refractivity contribution in [1.29, 1.82) is 0 Å². The van der Waals surface area contributed by atoms with E-state index in [9.17, 15) is 10.2 Å². The van der Waals surface area contributed by atoms with Crippen LogP contribution in [-0.2, 0) is 11.8 Å². The van der Waals surface area contributed by atoms with E-state index in [1.54, 1.807) is 30.0 Å². The smallest absolute Gasteiger partial charge is 0.116 e. The SMILES string of the molecule is CC1(C)c2cc(O)ccc2CC(Sc2cccc(O)c2)C1N.Cl. The molecule has 0 aromatic heterocycles. The minimum Gasteiger partial charge on any atom is -0.508 e. The Balaban J connectivity index is 0.00000192. The van der Waals surface area contributed by atoms with Gasteiger partial charge < -0.3 is 15.9 Å². The van der Waals surface area contributed by atoms with Crippen molar-refractivity contribution in [2.24, 2.45) is 5.73 Å². The fourth-order valence-corrected chi connectivity index (χ4v) is 4.62. The van der Waals surface area contributed by atoms with Crippen LogP contribution in [-0.4, -0.2) is 21.5 Å². The molecule has 3 rings (SSSR count). The summed E-state index contributed by atoms with van der Waals surface area (Å²) < 4.78 is 0. The van der Waals surface area contributed by atoms with Gasteiger partial charge in [0.05, 0.1) is 0 Å². The molecule has 2 aromatic rings. The summed E-state index contributed by atoms with van der Waals surface area (Å²) in [4.78, 5) is 1.03. The molecule has 0 radical (unpaired) electrons. The maximum atomic E-state index is 9.76. The van der Waals surface area contributed by atoms with Crippen molar-refractivity contribution in [3.63, 3.8) is 0 Å². The third-order valence-corrected chi connectivity index (χ3v) is 5.84. The molecule has 2 unspecified atom stereocenters. The average molecular weight is 352 g/mol. The van der Waals surface area contributed by atoms with Crippen molar-refractivity contribution in [2.75, 3.05) is 0 Å². The molecule has 1 aliphatic carbocycles. The zero-order chi connectivity index (χ0) is 15.9. The highest BCUT2D eigenvalue weighted by atomic mass is 35.5. The molecule has 124 valence electrons. The van der Waals surface area contributed by atoms with E-state index in [1.165, 1.54) is 5.56 Å². The summed E-state index contributed by atoms with van der Waals surface area (Å²) in [6.07, 6.45) is 0.862. The number of halogens is 1. The standard InChI is InChI=1S/C18H21NO2S.ClH/c1-18(2)15-10-13(21)7-6-11(15)8-16(17(18)19)22-14-5-3-4-12(20)9-14;/h3-7,9-10,16-17,20-21H,8,19H2,1-2H3;1H. The van der Waals surface area contributed by atoms with Crippen LogP contribution in [0.15, 0.2) is 47.4 Å². The van der Waals surface area contributed by atoms with E-state index >= 15 is 0 Å². The first kappa shape index (κ1) is 18.0. The second-order valence-corrected chi connectivity index (χ2v) is 7.76. The first-order chi connectivity index (χ1) is 10.4. The van der Waals surface area contributed by atoms with Gasteiger partial charge in [-0.05, 0) is 47.9 Å². The Labute approximate surface area is 147 Å². The second-order valence-electron chi connectivity index (χ2n) is 6.45.